The van der Waals surface area contributed by atoms with Gasteiger partial charge in [-0.25, -0.2) is 8.78 Å². The third kappa shape index (κ3) is 16.8. The number of halogens is 2. The van der Waals surface area contributed by atoms with Crippen LogP contribution in [-0.4, -0.2) is 25.4 Å². The Labute approximate surface area is 432 Å². The molecule has 0 amide bonds. The van der Waals surface area contributed by atoms with E-state index < -0.39 is 28.3 Å². The molecule has 3 aromatic heterocycles. The number of hydrogen-bond donors (Lipinski definition) is 0. The van der Waals surface area contributed by atoms with E-state index in [-0.39, 0.29) is 11.1 Å². The number of aromatic nitrogens is 2. The fraction of sp³-hybridized carbons (Fsp3) is 0.655. The van der Waals surface area contributed by atoms with Gasteiger partial charge in [0, 0.05) is 36.2 Å². The summed E-state index contributed by atoms with van der Waals surface area (Å²) in [6.45, 7) is 17.7. The molecule has 384 valence electrons. The predicted molar refractivity (Wildman–Crippen MR) is 305 cm³/mol. The Morgan fingerprint density at radius 1 is 0.435 bits per heavy atom. The van der Waals surface area contributed by atoms with Crippen molar-refractivity contribution in [1.29, 1.82) is 0 Å². The van der Waals surface area contributed by atoms with Crippen molar-refractivity contribution in [3.63, 3.8) is 0 Å². The van der Waals surface area contributed by atoms with Gasteiger partial charge in [0.05, 0.1) is 17.3 Å². The Bertz CT molecular complexity index is 2170. The maximum absolute atomic E-state index is 16.3. The average molecular weight is 1040 g/mol. The van der Waals surface area contributed by atoms with Gasteiger partial charge in [0.2, 0.25) is 0 Å². The number of thiophene rings is 2. The van der Waals surface area contributed by atoms with Crippen molar-refractivity contribution in [1.82, 2.24) is 8.75 Å². The molecule has 0 aliphatic rings. The van der Waals surface area contributed by atoms with Crippen LogP contribution in [0.4, 0.5) is 8.78 Å². The topological polar surface area (TPSA) is 44.2 Å². The molecular formula is C58H90F2N2O2S3Si2. The second kappa shape index (κ2) is 30.6. The van der Waals surface area contributed by atoms with Gasteiger partial charge in [-0.3, -0.25) is 0 Å². The minimum atomic E-state index is -2.37. The standard InChI is InChI=1S/C58H90F2N2O2S3Si2/c1-9-15-21-27-37-68(38-28-22-16-10-2,39-29-23-17-11-3)63-49-44-48(52-35-36-53(66-52)54-56(60)55(59)46(8)57-58(54)62-67-61-57)50(43-47(49)51-34-33-45(7)65-51)64-69(40-30-24-18-12-4,41-31-25-19-13-5)42-32-26-20-14-6/h33-36,43-44H,9-32,37-42H2,1-8H3. The third-order valence-electron chi connectivity index (χ3n) is 14.6. The van der Waals surface area contributed by atoms with Crippen molar-refractivity contribution >= 4 is 62.1 Å². The number of fused-ring (bicyclic) bond motifs is 1. The van der Waals surface area contributed by atoms with E-state index in [0.717, 1.165) is 57.4 Å². The average Bonchev–Trinajstić information content (AvgIpc) is 4.15. The molecule has 3 heterocycles. The molecule has 0 bridgehead atoms. The van der Waals surface area contributed by atoms with Gasteiger partial charge in [-0.1, -0.05) is 196 Å². The quantitative estimate of drug-likeness (QED) is 0.0294. The zero-order valence-electron chi connectivity index (χ0n) is 44.4. The molecule has 2 aromatic carbocycles. The molecule has 4 nitrogen and oxygen atoms in total. The molecule has 69 heavy (non-hydrogen) atoms. The Balaban J connectivity index is 1.78. The largest absolute Gasteiger partial charge is 0.543 e. The smallest absolute Gasteiger partial charge is 0.251 e. The molecular weight excluding hydrogens is 947 g/mol. The summed E-state index contributed by atoms with van der Waals surface area (Å²) in [5, 5.41) is 0. The van der Waals surface area contributed by atoms with Crippen LogP contribution in [0.15, 0.2) is 36.4 Å². The summed E-state index contributed by atoms with van der Waals surface area (Å²) < 4.78 is 57.0. The lowest BCUT2D eigenvalue weighted by Gasteiger charge is -2.36. The van der Waals surface area contributed by atoms with E-state index in [2.05, 4.69) is 87.5 Å². The van der Waals surface area contributed by atoms with Crippen molar-refractivity contribution < 1.29 is 17.6 Å². The number of hydrogen-bond acceptors (Lipinski definition) is 7. The van der Waals surface area contributed by atoms with E-state index >= 15 is 8.78 Å². The number of unbranched alkanes of at least 4 members (excludes halogenated alkanes) is 18. The second-order valence-electron chi connectivity index (χ2n) is 20.4. The van der Waals surface area contributed by atoms with E-state index in [9.17, 15) is 0 Å². The Kier molecular flexibility index (Phi) is 25.4. The van der Waals surface area contributed by atoms with E-state index in [4.69, 9.17) is 8.85 Å². The van der Waals surface area contributed by atoms with Crippen molar-refractivity contribution in [2.45, 2.75) is 246 Å². The number of aryl methyl sites for hydroxylation is 2. The van der Waals surface area contributed by atoms with Crippen LogP contribution < -0.4 is 8.85 Å². The van der Waals surface area contributed by atoms with E-state index in [1.165, 1.54) is 193 Å². The van der Waals surface area contributed by atoms with Crippen molar-refractivity contribution in [2.75, 3.05) is 0 Å². The van der Waals surface area contributed by atoms with Crippen LogP contribution in [-0.2, 0) is 0 Å². The second-order valence-corrected chi connectivity index (χ2v) is 31.5. The molecule has 0 radical (unpaired) electrons. The van der Waals surface area contributed by atoms with Gasteiger partial charge in [0.15, 0.2) is 11.6 Å². The van der Waals surface area contributed by atoms with Crippen LogP contribution in [0.1, 0.15) is 206 Å². The molecule has 0 N–H and O–H groups in total. The van der Waals surface area contributed by atoms with E-state index in [0.29, 0.717) is 15.9 Å². The minimum absolute atomic E-state index is 0.201. The molecule has 0 aliphatic heterocycles. The number of nitrogens with zero attached hydrogens (tertiary/aromatic N) is 2. The maximum Gasteiger partial charge on any atom is 0.251 e. The highest BCUT2D eigenvalue weighted by atomic mass is 32.1. The van der Waals surface area contributed by atoms with Gasteiger partial charge in [0.1, 0.15) is 22.5 Å². The summed E-state index contributed by atoms with van der Waals surface area (Å²) in [4.78, 5) is 4.16. The van der Waals surface area contributed by atoms with Crippen LogP contribution in [0.3, 0.4) is 0 Å². The zero-order chi connectivity index (χ0) is 49.5. The molecule has 0 aliphatic carbocycles. The SMILES string of the molecule is CCCCCC[Si](CCCCCC)(CCCCCC)Oc1cc(-c2ccc(-c3c(F)c(F)c(C)c4nsnc34)s2)c(O[Si](CCCCCC)(CCCCCC)CCCCCC)cc1-c1ccc(C)s1. The van der Waals surface area contributed by atoms with Crippen molar-refractivity contribution in [3.05, 3.63) is 58.5 Å². The van der Waals surface area contributed by atoms with Crippen molar-refractivity contribution in [2.24, 2.45) is 0 Å². The Hall–Kier alpha value is -2.45. The van der Waals surface area contributed by atoms with Crippen LogP contribution in [0.5, 0.6) is 11.5 Å². The molecule has 0 saturated heterocycles. The molecule has 0 saturated carbocycles. The molecule has 5 rings (SSSR count). The highest BCUT2D eigenvalue weighted by molar-refractivity contribution is 7.19. The molecule has 5 aromatic rings. The van der Waals surface area contributed by atoms with Gasteiger partial charge in [-0.2, -0.15) is 8.75 Å². The van der Waals surface area contributed by atoms with Crippen LogP contribution >= 0.6 is 34.4 Å². The van der Waals surface area contributed by atoms with Gasteiger partial charge >= 0.3 is 0 Å². The first kappa shape index (κ1) is 57.5. The molecule has 11 heteroatoms. The Morgan fingerprint density at radius 2 is 0.797 bits per heavy atom. The maximum atomic E-state index is 16.3. The fourth-order valence-corrected chi connectivity index (χ4v) is 21.7. The summed E-state index contributed by atoms with van der Waals surface area (Å²) in [6.07, 6.45) is 29.7. The summed E-state index contributed by atoms with van der Waals surface area (Å²) in [5.74, 6) is 0.232. The van der Waals surface area contributed by atoms with Gasteiger partial charge in [0.25, 0.3) is 16.6 Å². The zero-order valence-corrected chi connectivity index (χ0v) is 48.8. The first-order chi connectivity index (χ1) is 33.6. The van der Waals surface area contributed by atoms with Gasteiger partial charge < -0.3 is 8.85 Å². The third-order valence-corrected chi connectivity index (χ3v) is 26.2. The molecule has 0 fully saturated rings. The van der Waals surface area contributed by atoms with Gasteiger partial charge in [-0.15, -0.1) is 22.7 Å². The normalized spacial score (nSPS) is 12.2. The molecule has 0 atom stereocenters. The monoisotopic (exact) mass is 1040 g/mol. The number of rotatable bonds is 37. The molecule has 0 unspecified atom stereocenters. The predicted octanol–water partition coefficient (Wildman–Crippen LogP) is 21.8. The first-order valence-electron chi connectivity index (χ1n) is 27.9. The lowest BCUT2D eigenvalue weighted by atomic mass is 10.1. The lowest BCUT2D eigenvalue weighted by Crippen LogP contribution is -2.42. The summed E-state index contributed by atoms with van der Waals surface area (Å²) in [5.41, 5.74) is 3.45. The van der Waals surface area contributed by atoms with E-state index in [1.54, 1.807) is 6.92 Å². The first-order valence-corrected chi connectivity index (χ1v) is 35.3. The Morgan fingerprint density at radius 3 is 1.17 bits per heavy atom. The fourth-order valence-electron chi connectivity index (χ4n) is 10.4. The minimum Gasteiger partial charge on any atom is -0.543 e. The lowest BCUT2D eigenvalue weighted by molar-refractivity contribution is 0.494. The van der Waals surface area contributed by atoms with Crippen LogP contribution in [0.2, 0.25) is 36.3 Å². The van der Waals surface area contributed by atoms with Crippen LogP contribution in [0, 0.1) is 25.5 Å². The highest BCUT2D eigenvalue weighted by Gasteiger charge is 2.39. The summed E-state index contributed by atoms with van der Waals surface area (Å²) in [7, 11) is -4.70. The molecule has 0 spiro atoms. The van der Waals surface area contributed by atoms with Gasteiger partial charge in [-0.05, 0) is 86.5 Å². The van der Waals surface area contributed by atoms with E-state index in [1.807, 2.05) is 17.4 Å². The number of benzene rings is 2. The van der Waals surface area contributed by atoms with Crippen LogP contribution in [0.25, 0.3) is 42.4 Å². The van der Waals surface area contributed by atoms with Crippen molar-refractivity contribution in [3.8, 4) is 42.8 Å². The summed E-state index contributed by atoms with van der Waals surface area (Å²) >= 11 is 4.38. The summed E-state index contributed by atoms with van der Waals surface area (Å²) in [6, 6.07) is 20.4. The highest BCUT2D eigenvalue weighted by Crippen LogP contribution is 2.50.